The molecule has 2 rings (SSSR count). The first-order valence-electron chi connectivity index (χ1n) is 6.88. The van der Waals surface area contributed by atoms with Crippen molar-refractivity contribution in [1.29, 1.82) is 0 Å². The summed E-state index contributed by atoms with van der Waals surface area (Å²) in [5.74, 6) is -0.512. The van der Waals surface area contributed by atoms with E-state index in [2.05, 4.69) is 5.32 Å². The fourth-order valence-corrected chi connectivity index (χ4v) is 2.87. The lowest BCUT2D eigenvalue weighted by atomic mass is 9.92. The Hall–Kier alpha value is -1.10. The smallest absolute Gasteiger partial charge is 0.308 e. The topological polar surface area (TPSA) is 69.6 Å². The van der Waals surface area contributed by atoms with E-state index >= 15 is 0 Å². The van der Waals surface area contributed by atoms with Gasteiger partial charge in [-0.3, -0.25) is 9.59 Å². The highest BCUT2D eigenvalue weighted by atomic mass is 16.4. The summed E-state index contributed by atoms with van der Waals surface area (Å²) in [6, 6.07) is 0. The van der Waals surface area contributed by atoms with Gasteiger partial charge in [0.05, 0.1) is 5.92 Å². The molecule has 0 aromatic heterocycles. The van der Waals surface area contributed by atoms with E-state index in [1.807, 2.05) is 0 Å². The maximum Gasteiger partial charge on any atom is 0.308 e. The molecule has 2 aliphatic heterocycles. The Morgan fingerprint density at radius 3 is 2.61 bits per heavy atom. The zero-order valence-corrected chi connectivity index (χ0v) is 10.7. The van der Waals surface area contributed by atoms with Crippen LogP contribution in [-0.2, 0) is 9.59 Å². The van der Waals surface area contributed by atoms with E-state index in [-0.39, 0.29) is 11.8 Å². The molecule has 0 saturated carbocycles. The van der Waals surface area contributed by atoms with E-state index in [0.717, 1.165) is 38.9 Å². The fraction of sp³-hybridized carbons (Fsp3) is 0.846. The van der Waals surface area contributed by atoms with Gasteiger partial charge in [0.2, 0.25) is 5.91 Å². The summed E-state index contributed by atoms with van der Waals surface area (Å²) >= 11 is 0. The van der Waals surface area contributed by atoms with Crippen LogP contribution < -0.4 is 5.32 Å². The van der Waals surface area contributed by atoms with Crippen LogP contribution in [-0.4, -0.2) is 48.1 Å². The Balaban J connectivity index is 1.82. The van der Waals surface area contributed by atoms with Crippen LogP contribution in [0.5, 0.6) is 0 Å². The minimum absolute atomic E-state index is 0.146. The molecule has 2 aliphatic rings. The quantitative estimate of drug-likeness (QED) is 0.778. The van der Waals surface area contributed by atoms with Gasteiger partial charge in [0.1, 0.15) is 0 Å². The van der Waals surface area contributed by atoms with Crippen molar-refractivity contribution >= 4 is 11.9 Å². The van der Waals surface area contributed by atoms with Crippen molar-refractivity contribution < 1.29 is 14.7 Å². The minimum atomic E-state index is -0.769. The lowest BCUT2D eigenvalue weighted by molar-refractivity contribution is -0.145. The van der Waals surface area contributed by atoms with Crippen LogP contribution in [0.4, 0.5) is 0 Å². The molecular weight excluding hydrogens is 232 g/mol. The molecule has 1 atom stereocenters. The van der Waals surface area contributed by atoms with Gasteiger partial charge in [-0.15, -0.1) is 0 Å². The fourth-order valence-electron chi connectivity index (χ4n) is 2.87. The van der Waals surface area contributed by atoms with Crippen LogP contribution in [0.1, 0.15) is 32.1 Å². The number of rotatable bonds is 3. The molecule has 102 valence electrons. The SMILES string of the molecule is O=C(O)[C@@H]1CCCN(C(=O)CC2CCNCC2)C1. The third kappa shape index (κ3) is 3.45. The van der Waals surface area contributed by atoms with Gasteiger partial charge in [-0.05, 0) is 44.7 Å². The van der Waals surface area contributed by atoms with Gasteiger partial charge < -0.3 is 15.3 Å². The molecule has 0 radical (unpaired) electrons. The highest BCUT2D eigenvalue weighted by Gasteiger charge is 2.29. The van der Waals surface area contributed by atoms with E-state index in [1.54, 1.807) is 4.90 Å². The summed E-state index contributed by atoms with van der Waals surface area (Å²) in [5.41, 5.74) is 0. The monoisotopic (exact) mass is 254 g/mol. The van der Waals surface area contributed by atoms with Crippen molar-refractivity contribution in [2.75, 3.05) is 26.2 Å². The number of carboxylic acid groups (broad SMARTS) is 1. The molecule has 1 amide bonds. The van der Waals surface area contributed by atoms with E-state index in [0.29, 0.717) is 25.3 Å². The number of carbonyl (C=O) groups excluding carboxylic acids is 1. The molecule has 0 bridgehead atoms. The number of likely N-dealkylation sites (tertiary alicyclic amines) is 1. The van der Waals surface area contributed by atoms with Crippen molar-refractivity contribution in [3.05, 3.63) is 0 Å². The van der Waals surface area contributed by atoms with Gasteiger partial charge >= 0.3 is 5.97 Å². The van der Waals surface area contributed by atoms with Crippen molar-refractivity contribution in [2.24, 2.45) is 11.8 Å². The highest BCUT2D eigenvalue weighted by Crippen LogP contribution is 2.21. The maximum absolute atomic E-state index is 12.1. The van der Waals surface area contributed by atoms with Crippen LogP contribution in [0.25, 0.3) is 0 Å². The summed E-state index contributed by atoms with van der Waals surface area (Å²) < 4.78 is 0. The standard InChI is InChI=1S/C13H22N2O3/c16-12(8-10-3-5-14-6-4-10)15-7-1-2-11(9-15)13(17)18/h10-11,14H,1-9H2,(H,17,18)/t11-/m1/s1. The molecule has 2 N–H and O–H groups in total. The third-order valence-electron chi connectivity index (χ3n) is 4.05. The molecule has 5 heteroatoms. The van der Waals surface area contributed by atoms with E-state index in [4.69, 9.17) is 5.11 Å². The average Bonchev–Trinajstić information content (AvgIpc) is 2.40. The van der Waals surface area contributed by atoms with E-state index in [9.17, 15) is 9.59 Å². The van der Waals surface area contributed by atoms with Crippen LogP contribution in [0.2, 0.25) is 0 Å². The molecule has 0 spiro atoms. The summed E-state index contributed by atoms with van der Waals surface area (Å²) in [6.45, 7) is 3.12. The molecule has 0 unspecified atom stereocenters. The van der Waals surface area contributed by atoms with Gasteiger partial charge in [-0.2, -0.15) is 0 Å². The zero-order valence-electron chi connectivity index (χ0n) is 10.7. The number of hydrogen-bond acceptors (Lipinski definition) is 3. The van der Waals surface area contributed by atoms with Crippen molar-refractivity contribution in [3.8, 4) is 0 Å². The van der Waals surface area contributed by atoms with Crippen molar-refractivity contribution in [3.63, 3.8) is 0 Å². The Bertz CT molecular complexity index is 313. The van der Waals surface area contributed by atoms with Gasteiger partial charge in [0.15, 0.2) is 0 Å². The Morgan fingerprint density at radius 1 is 1.22 bits per heavy atom. The number of carboxylic acids is 1. The molecule has 0 aromatic carbocycles. The van der Waals surface area contributed by atoms with Crippen LogP contribution in [0.3, 0.4) is 0 Å². The number of carbonyl (C=O) groups is 2. The Morgan fingerprint density at radius 2 is 1.94 bits per heavy atom. The molecule has 0 aromatic rings. The normalized spacial score (nSPS) is 26.0. The largest absolute Gasteiger partial charge is 0.481 e. The predicted molar refractivity (Wildman–Crippen MR) is 67.2 cm³/mol. The van der Waals surface area contributed by atoms with Crippen LogP contribution in [0.15, 0.2) is 0 Å². The highest BCUT2D eigenvalue weighted by molar-refractivity contribution is 5.78. The van der Waals surface area contributed by atoms with Gasteiger partial charge in [-0.1, -0.05) is 0 Å². The lowest BCUT2D eigenvalue weighted by Gasteiger charge is -2.32. The first-order chi connectivity index (χ1) is 8.66. The molecule has 5 nitrogen and oxygen atoms in total. The lowest BCUT2D eigenvalue weighted by Crippen LogP contribution is -2.43. The number of nitrogens with zero attached hydrogens (tertiary/aromatic N) is 1. The summed E-state index contributed by atoms with van der Waals surface area (Å²) in [4.78, 5) is 24.9. The second-order valence-electron chi connectivity index (χ2n) is 5.41. The predicted octanol–water partition coefficient (Wildman–Crippen LogP) is 0.699. The minimum Gasteiger partial charge on any atom is -0.481 e. The Labute approximate surface area is 108 Å². The van der Waals surface area contributed by atoms with Gasteiger partial charge in [-0.25, -0.2) is 0 Å². The summed E-state index contributed by atoms with van der Waals surface area (Å²) in [5, 5.41) is 12.3. The molecular formula is C13H22N2O3. The summed E-state index contributed by atoms with van der Waals surface area (Å²) in [6.07, 6.45) is 4.22. The van der Waals surface area contributed by atoms with E-state index < -0.39 is 5.97 Å². The zero-order chi connectivity index (χ0) is 13.0. The van der Waals surface area contributed by atoms with E-state index in [1.165, 1.54) is 0 Å². The average molecular weight is 254 g/mol. The van der Waals surface area contributed by atoms with Gasteiger partial charge in [0.25, 0.3) is 0 Å². The maximum atomic E-state index is 12.1. The molecule has 2 heterocycles. The van der Waals surface area contributed by atoms with Crippen molar-refractivity contribution in [1.82, 2.24) is 10.2 Å². The molecule has 0 aliphatic carbocycles. The molecule has 18 heavy (non-hydrogen) atoms. The van der Waals surface area contributed by atoms with Gasteiger partial charge in [0, 0.05) is 19.5 Å². The second-order valence-corrected chi connectivity index (χ2v) is 5.41. The second kappa shape index (κ2) is 6.18. The number of piperidine rings is 2. The number of hydrogen-bond donors (Lipinski definition) is 2. The number of nitrogens with one attached hydrogen (secondary N) is 1. The van der Waals surface area contributed by atoms with Crippen LogP contribution in [0, 0.1) is 11.8 Å². The first-order valence-corrected chi connectivity index (χ1v) is 6.88. The molecule has 2 saturated heterocycles. The van der Waals surface area contributed by atoms with Crippen molar-refractivity contribution in [2.45, 2.75) is 32.1 Å². The Kier molecular flexibility index (Phi) is 4.58. The summed E-state index contributed by atoms with van der Waals surface area (Å²) in [7, 11) is 0. The molecule has 2 fully saturated rings. The third-order valence-corrected chi connectivity index (χ3v) is 4.05. The first kappa shape index (κ1) is 13.3. The van der Waals surface area contributed by atoms with Crippen LogP contribution >= 0.6 is 0 Å². The number of amides is 1. The number of aliphatic carboxylic acids is 1.